The van der Waals surface area contributed by atoms with Gasteiger partial charge in [-0.05, 0) is 30.2 Å². The maximum Gasteiger partial charge on any atom is 0.233 e. The van der Waals surface area contributed by atoms with Crippen LogP contribution >= 0.6 is 11.8 Å². The van der Waals surface area contributed by atoms with Crippen molar-refractivity contribution < 1.29 is 14.3 Å². The lowest BCUT2D eigenvalue weighted by atomic mass is 10.1. The van der Waals surface area contributed by atoms with E-state index in [9.17, 15) is 4.79 Å². The average Bonchev–Trinajstić information content (AvgIpc) is 3.00. The van der Waals surface area contributed by atoms with Crippen LogP contribution in [0.2, 0.25) is 0 Å². The van der Waals surface area contributed by atoms with Gasteiger partial charge in [-0.1, -0.05) is 12.1 Å². The Balaban J connectivity index is 1.85. The summed E-state index contributed by atoms with van der Waals surface area (Å²) in [6, 6.07) is 9.64. The minimum Gasteiger partial charge on any atom is -0.496 e. The SMILES string of the molecule is COc1cccc(OC)c1C1SCC(=O)N1CCc1cccnc1. The van der Waals surface area contributed by atoms with E-state index in [1.54, 1.807) is 32.2 Å². The summed E-state index contributed by atoms with van der Waals surface area (Å²) in [5.41, 5.74) is 2.04. The summed E-state index contributed by atoms with van der Waals surface area (Å²) in [4.78, 5) is 18.4. The van der Waals surface area contributed by atoms with Crippen LogP contribution in [0.25, 0.3) is 0 Å². The van der Waals surface area contributed by atoms with Gasteiger partial charge in [0.05, 0.1) is 25.5 Å². The van der Waals surface area contributed by atoms with E-state index in [1.807, 2.05) is 41.4 Å². The molecule has 1 saturated heterocycles. The first kappa shape index (κ1) is 16.6. The molecule has 1 aliphatic heterocycles. The van der Waals surface area contributed by atoms with E-state index in [1.165, 1.54) is 0 Å². The van der Waals surface area contributed by atoms with Gasteiger partial charge in [0.15, 0.2) is 0 Å². The number of carbonyl (C=O) groups excluding carboxylic acids is 1. The predicted octanol–water partition coefficient (Wildman–Crippen LogP) is 2.92. The number of amides is 1. The van der Waals surface area contributed by atoms with Crippen molar-refractivity contribution in [2.45, 2.75) is 11.8 Å². The van der Waals surface area contributed by atoms with Crippen molar-refractivity contribution in [3.8, 4) is 11.5 Å². The average molecular weight is 344 g/mol. The highest BCUT2D eigenvalue weighted by molar-refractivity contribution is 8.00. The molecule has 0 N–H and O–H groups in total. The van der Waals surface area contributed by atoms with Crippen molar-refractivity contribution in [1.29, 1.82) is 0 Å². The second kappa shape index (κ2) is 7.57. The van der Waals surface area contributed by atoms with E-state index in [0.717, 1.165) is 29.0 Å². The molecule has 0 bridgehead atoms. The smallest absolute Gasteiger partial charge is 0.233 e. The van der Waals surface area contributed by atoms with Crippen molar-refractivity contribution in [3.63, 3.8) is 0 Å². The number of hydrogen-bond donors (Lipinski definition) is 0. The molecule has 0 saturated carbocycles. The van der Waals surface area contributed by atoms with E-state index in [-0.39, 0.29) is 11.3 Å². The number of methoxy groups -OCH3 is 2. The highest BCUT2D eigenvalue weighted by Gasteiger charge is 2.36. The summed E-state index contributed by atoms with van der Waals surface area (Å²) in [5.74, 6) is 2.10. The molecule has 2 aromatic rings. The first-order valence-electron chi connectivity index (χ1n) is 7.75. The minimum absolute atomic E-state index is 0.0970. The van der Waals surface area contributed by atoms with Gasteiger partial charge in [-0.3, -0.25) is 9.78 Å². The van der Waals surface area contributed by atoms with Gasteiger partial charge >= 0.3 is 0 Å². The van der Waals surface area contributed by atoms with Gasteiger partial charge < -0.3 is 14.4 Å². The summed E-state index contributed by atoms with van der Waals surface area (Å²) < 4.78 is 11.0. The standard InChI is InChI=1S/C18H20N2O3S/c1-22-14-6-3-7-15(23-2)17(14)18-20(16(21)12-24-18)10-8-13-5-4-9-19-11-13/h3-7,9,11,18H,8,10,12H2,1-2H3. The maximum absolute atomic E-state index is 12.4. The number of benzene rings is 1. The third-order valence-electron chi connectivity index (χ3n) is 4.05. The van der Waals surface area contributed by atoms with E-state index in [0.29, 0.717) is 12.3 Å². The van der Waals surface area contributed by atoms with Crippen LogP contribution in [0.4, 0.5) is 0 Å². The third-order valence-corrected chi connectivity index (χ3v) is 5.26. The van der Waals surface area contributed by atoms with Gasteiger partial charge in [-0.15, -0.1) is 11.8 Å². The number of nitrogens with zero attached hydrogens (tertiary/aromatic N) is 2. The Labute approximate surface area is 146 Å². The number of hydrogen-bond acceptors (Lipinski definition) is 5. The molecule has 5 nitrogen and oxygen atoms in total. The summed E-state index contributed by atoms with van der Waals surface area (Å²) in [5, 5.41) is -0.0970. The van der Waals surface area contributed by atoms with Crippen LogP contribution in [0.5, 0.6) is 11.5 Å². The van der Waals surface area contributed by atoms with Crippen LogP contribution in [-0.4, -0.2) is 42.3 Å². The van der Waals surface area contributed by atoms with Crippen molar-refractivity contribution in [1.82, 2.24) is 9.88 Å². The zero-order valence-corrected chi connectivity index (χ0v) is 14.6. The Morgan fingerprint density at radius 2 is 1.96 bits per heavy atom. The molecule has 6 heteroatoms. The Hall–Kier alpha value is -2.21. The van der Waals surface area contributed by atoms with Gasteiger partial charge in [-0.25, -0.2) is 0 Å². The molecule has 126 valence electrons. The molecule has 0 aliphatic carbocycles. The lowest BCUT2D eigenvalue weighted by Crippen LogP contribution is -2.30. The molecule has 0 radical (unpaired) electrons. The molecule has 2 heterocycles. The molecule has 24 heavy (non-hydrogen) atoms. The van der Waals surface area contributed by atoms with E-state index >= 15 is 0 Å². The van der Waals surface area contributed by atoms with Crippen molar-refractivity contribution in [2.75, 3.05) is 26.5 Å². The summed E-state index contributed by atoms with van der Waals surface area (Å²) in [7, 11) is 3.28. The van der Waals surface area contributed by atoms with Crippen LogP contribution in [0.1, 0.15) is 16.5 Å². The fourth-order valence-electron chi connectivity index (χ4n) is 2.85. The first-order chi connectivity index (χ1) is 11.7. The Morgan fingerprint density at radius 3 is 2.58 bits per heavy atom. The van der Waals surface area contributed by atoms with Crippen LogP contribution in [0.15, 0.2) is 42.7 Å². The number of aromatic nitrogens is 1. The van der Waals surface area contributed by atoms with Crippen LogP contribution in [0.3, 0.4) is 0 Å². The normalized spacial score (nSPS) is 17.2. The number of thioether (sulfide) groups is 1. The molecular weight excluding hydrogens is 324 g/mol. The Bertz CT molecular complexity index is 686. The number of pyridine rings is 1. The quantitative estimate of drug-likeness (QED) is 0.806. The van der Waals surface area contributed by atoms with Crippen molar-refractivity contribution >= 4 is 17.7 Å². The highest BCUT2D eigenvalue weighted by atomic mass is 32.2. The largest absolute Gasteiger partial charge is 0.496 e. The summed E-state index contributed by atoms with van der Waals surface area (Å²) in [6.45, 7) is 0.642. The lowest BCUT2D eigenvalue weighted by molar-refractivity contribution is -0.128. The molecule has 0 spiro atoms. The number of rotatable bonds is 6. The monoisotopic (exact) mass is 344 g/mol. The maximum atomic E-state index is 12.4. The zero-order chi connectivity index (χ0) is 16.9. The second-order valence-electron chi connectivity index (χ2n) is 5.44. The molecule has 1 aliphatic rings. The second-order valence-corrected chi connectivity index (χ2v) is 6.51. The lowest BCUT2D eigenvalue weighted by Gasteiger charge is -2.26. The fourth-order valence-corrected chi connectivity index (χ4v) is 4.12. The number of carbonyl (C=O) groups is 1. The summed E-state index contributed by atoms with van der Waals surface area (Å²) >= 11 is 1.61. The Morgan fingerprint density at radius 1 is 1.21 bits per heavy atom. The topological polar surface area (TPSA) is 51.7 Å². The molecular formula is C18H20N2O3S. The molecule has 1 aromatic heterocycles. The molecule has 1 atom stereocenters. The number of ether oxygens (including phenoxy) is 2. The molecule has 1 fully saturated rings. The van der Waals surface area contributed by atoms with E-state index in [2.05, 4.69) is 4.98 Å². The van der Waals surface area contributed by atoms with Gasteiger partial charge in [0.2, 0.25) is 5.91 Å². The highest BCUT2D eigenvalue weighted by Crippen LogP contribution is 2.46. The van der Waals surface area contributed by atoms with E-state index in [4.69, 9.17) is 9.47 Å². The van der Waals surface area contributed by atoms with Crippen LogP contribution in [0, 0.1) is 0 Å². The third kappa shape index (κ3) is 3.33. The molecule has 3 rings (SSSR count). The van der Waals surface area contributed by atoms with Crippen molar-refractivity contribution in [2.24, 2.45) is 0 Å². The molecule has 1 amide bonds. The predicted molar refractivity (Wildman–Crippen MR) is 94.4 cm³/mol. The molecule has 1 aromatic carbocycles. The molecule has 1 unspecified atom stereocenters. The fraction of sp³-hybridized carbons (Fsp3) is 0.333. The van der Waals surface area contributed by atoms with Gasteiger partial charge in [0.25, 0.3) is 0 Å². The van der Waals surface area contributed by atoms with Crippen molar-refractivity contribution in [3.05, 3.63) is 53.9 Å². The van der Waals surface area contributed by atoms with Crippen LogP contribution in [-0.2, 0) is 11.2 Å². The van der Waals surface area contributed by atoms with Gasteiger partial charge in [-0.2, -0.15) is 0 Å². The minimum atomic E-state index is -0.0970. The van der Waals surface area contributed by atoms with E-state index < -0.39 is 0 Å². The first-order valence-corrected chi connectivity index (χ1v) is 8.80. The zero-order valence-electron chi connectivity index (χ0n) is 13.8. The Kier molecular flexibility index (Phi) is 5.25. The van der Waals surface area contributed by atoms with Gasteiger partial charge in [0, 0.05) is 18.9 Å². The van der Waals surface area contributed by atoms with Crippen LogP contribution < -0.4 is 9.47 Å². The summed E-state index contributed by atoms with van der Waals surface area (Å²) in [6.07, 6.45) is 4.36. The van der Waals surface area contributed by atoms with Gasteiger partial charge in [0.1, 0.15) is 16.9 Å².